The van der Waals surface area contributed by atoms with E-state index < -0.39 is 0 Å². The number of aromatic nitrogens is 5. The number of nitrogens with zero attached hydrogens (tertiary/aromatic N) is 5. The zero-order valence-electron chi connectivity index (χ0n) is 23.5. The third-order valence-electron chi connectivity index (χ3n) is 8.86. The van der Waals surface area contributed by atoms with Crippen molar-refractivity contribution >= 4 is 43.6 Å². The van der Waals surface area contributed by atoms with Gasteiger partial charge in [0.05, 0.1) is 22.1 Å². The Bertz CT molecular complexity index is 2450. The minimum absolute atomic E-state index is 0.647. The molecule has 2 aliphatic rings. The molecule has 0 N–H and O–H groups in total. The molecule has 0 atom stereocenters. The summed E-state index contributed by atoms with van der Waals surface area (Å²) in [4.78, 5) is 15.1. The van der Waals surface area contributed by atoms with Crippen LogP contribution in [0.1, 0.15) is 0 Å². The summed E-state index contributed by atoms with van der Waals surface area (Å²) in [6, 6.07) is 49.2. The second-order valence-electron chi connectivity index (χ2n) is 11.3. The molecule has 0 radical (unpaired) electrons. The monoisotopic (exact) mass is 561 g/mol. The second kappa shape index (κ2) is 8.72. The first-order valence-electron chi connectivity index (χ1n) is 14.8. The number of rotatable bonds is 1. The van der Waals surface area contributed by atoms with E-state index in [1.165, 1.54) is 43.6 Å². The molecule has 0 saturated carbocycles. The normalized spacial score (nSPS) is 12.1. The fraction of sp³-hybridized carbons (Fsp3) is 0. The van der Waals surface area contributed by atoms with Crippen LogP contribution in [0.5, 0.6) is 0 Å². The molecule has 5 heterocycles. The van der Waals surface area contributed by atoms with Crippen molar-refractivity contribution in [2.24, 2.45) is 0 Å². The molecule has 5 nitrogen and oxygen atoms in total. The summed E-state index contributed by atoms with van der Waals surface area (Å²) in [7, 11) is 0. The molecule has 0 unspecified atom stereocenters. The summed E-state index contributed by atoms with van der Waals surface area (Å²) in [5, 5.41) is 4.98. The Morgan fingerprint density at radius 2 is 0.773 bits per heavy atom. The minimum Gasteiger partial charge on any atom is -0.309 e. The number of benzene rings is 6. The first kappa shape index (κ1) is 23.5. The number of para-hydroxylation sites is 2. The molecule has 5 heteroatoms. The van der Waals surface area contributed by atoms with Gasteiger partial charge in [0, 0.05) is 49.6 Å². The van der Waals surface area contributed by atoms with Gasteiger partial charge < -0.3 is 9.13 Å². The van der Waals surface area contributed by atoms with Crippen molar-refractivity contribution in [1.82, 2.24) is 24.1 Å². The second-order valence-corrected chi connectivity index (χ2v) is 11.3. The van der Waals surface area contributed by atoms with E-state index in [1.807, 2.05) is 30.3 Å². The molecule has 2 aliphatic heterocycles. The smallest absolute Gasteiger partial charge is 0.164 e. The number of hydrogen-bond acceptors (Lipinski definition) is 3. The average Bonchev–Trinajstić information content (AvgIpc) is 3.61. The highest BCUT2D eigenvalue weighted by Gasteiger charge is 2.22. The van der Waals surface area contributed by atoms with Crippen LogP contribution in [-0.2, 0) is 0 Å². The van der Waals surface area contributed by atoms with Crippen LogP contribution in [-0.4, -0.2) is 24.1 Å². The van der Waals surface area contributed by atoms with Gasteiger partial charge in [-0.15, -0.1) is 0 Å². The zero-order valence-corrected chi connectivity index (χ0v) is 23.5. The third kappa shape index (κ3) is 3.21. The van der Waals surface area contributed by atoms with Crippen molar-refractivity contribution in [3.05, 3.63) is 140 Å². The molecule has 12 bridgehead atoms. The van der Waals surface area contributed by atoms with Gasteiger partial charge in [0.25, 0.3) is 0 Å². The van der Waals surface area contributed by atoms with Gasteiger partial charge in [0.1, 0.15) is 0 Å². The van der Waals surface area contributed by atoms with Gasteiger partial charge >= 0.3 is 0 Å². The van der Waals surface area contributed by atoms with Gasteiger partial charge in [-0.05, 0) is 48.5 Å². The van der Waals surface area contributed by atoms with Gasteiger partial charge in [-0.1, -0.05) is 91.0 Å². The molecule has 204 valence electrons. The molecule has 11 rings (SSSR count). The van der Waals surface area contributed by atoms with Crippen LogP contribution in [0.25, 0.3) is 89.2 Å². The van der Waals surface area contributed by atoms with E-state index in [-0.39, 0.29) is 0 Å². The van der Waals surface area contributed by atoms with Crippen molar-refractivity contribution < 1.29 is 0 Å². The third-order valence-corrected chi connectivity index (χ3v) is 8.86. The lowest BCUT2D eigenvalue weighted by molar-refractivity contribution is 1.07. The molecule has 6 aromatic carbocycles. The largest absolute Gasteiger partial charge is 0.309 e. The van der Waals surface area contributed by atoms with Gasteiger partial charge in [-0.25, -0.2) is 15.0 Å². The van der Waals surface area contributed by atoms with E-state index in [9.17, 15) is 0 Å². The van der Waals surface area contributed by atoms with E-state index in [1.54, 1.807) is 0 Å². The fourth-order valence-corrected chi connectivity index (χ4v) is 6.99. The molecule has 0 spiro atoms. The van der Waals surface area contributed by atoms with Crippen LogP contribution >= 0.6 is 0 Å². The Balaban J connectivity index is 1.43. The van der Waals surface area contributed by atoms with Crippen LogP contribution in [0.2, 0.25) is 0 Å². The Labute approximate surface area is 252 Å². The van der Waals surface area contributed by atoms with Crippen LogP contribution < -0.4 is 0 Å². The van der Waals surface area contributed by atoms with Gasteiger partial charge in [0.15, 0.2) is 17.5 Å². The SMILES string of the molecule is c1ccc(-c2nc3nc(n2)-c2cccc(c2)-n2c4ccccc4c4c5c6ccccc6n(c5ccc42)-c2cccc-3c2)cc1. The molecule has 0 fully saturated rings. The van der Waals surface area contributed by atoms with E-state index in [0.29, 0.717) is 17.5 Å². The van der Waals surface area contributed by atoms with Crippen molar-refractivity contribution in [2.45, 2.75) is 0 Å². The van der Waals surface area contributed by atoms with E-state index in [0.717, 1.165) is 28.1 Å². The summed E-state index contributed by atoms with van der Waals surface area (Å²) in [5.41, 5.74) is 9.64. The predicted octanol–water partition coefficient (Wildman–Crippen LogP) is 9.38. The molecule has 9 aromatic rings. The highest BCUT2D eigenvalue weighted by molar-refractivity contribution is 6.28. The van der Waals surface area contributed by atoms with Crippen LogP contribution in [0, 0.1) is 0 Å². The Morgan fingerprint density at radius 1 is 0.341 bits per heavy atom. The maximum Gasteiger partial charge on any atom is 0.164 e. The lowest BCUT2D eigenvalue weighted by Crippen LogP contribution is -2.01. The van der Waals surface area contributed by atoms with E-state index in [2.05, 4.69) is 118 Å². The van der Waals surface area contributed by atoms with Crippen LogP contribution in [0.15, 0.2) is 140 Å². The molecule has 0 amide bonds. The van der Waals surface area contributed by atoms with E-state index in [4.69, 9.17) is 15.0 Å². The quantitative estimate of drug-likeness (QED) is 0.201. The van der Waals surface area contributed by atoms with Crippen molar-refractivity contribution in [3.8, 4) is 45.5 Å². The maximum absolute atomic E-state index is 5.08. The highest BCUT2D eigenvalue weighted by Crippen LogP contribution is 2.43. The lowest BCUT2D eigenvalue weighted by atomic mass is 10.1. The van der Waals surface area contributed by atoms with Crippen molar-refractivity contribution in [1.29, 1.82) is 0 Å². The lowest BCUT2D eigenvalue weighted by Gasteiger charge is -2.12. The summed E-state index contributed by atoms with van der Waals surface area (Å²) in [6.07, 6.45) is 0. The summed E-state index contributed by atoms with van der Waals surface area (Å²) in [5.74, 6) is 1.95. The van der Waals surface area contributed by atoms with Gasteiger partial charge in [-0.3, -0.25) is 0 Å². The minimum atomic E-state index is 0.647. The summed E-state index contributed by atoms with van der Waals surface area (Å²) >= 11 is 0. The van der Waals surface area contributed by atoms with E-state index >= 15 is 0 Å². The van der Waals surface area contributed by atoms with Gasteiger partial charge in [-0.2, -0.15) is 0 Å². The Hall–Kier alpha value is -6.07. The molecular weight excluding hydrogens is 538 g/mol. The zero-order chi connectivity index (χ0) is 28.8. The first-order chi connectivity index (χ1) is 21.8. The van der Waals surface area contributed by atoms with Crippen molar-refractivity contribution in [3.63, 3.8) is 0 Å². The summed E-state index contributed by atoms with van der Waals surface area (Å²) in [6.45, 7) is 0. The van der Waals surface area contributed by atoms with Gasteiger partial charge in [0.2, 0.25) is 0 Å². The highest BCUT2D eigenvalue weighted by atomic mass is 15.0. The van der Waals surface area contributed by atoms with Crippen molar-refractivity contribution in [2.75, 3.05) is 0 Å². The Kier molecular flexibility index (Phi) is 4.66. The first-order valence-corrected chi connectivity index (χ1v) is 14.8. The molecular formula is C39H23N5. The number of fused-ring (bicyclic) bond motifs is 3. The average molecular weight is 562 g/mol. The topological polar surface area (TPSA) is 48.5 Å². The number of hydrogen-bond donors (Lipinski definition) is 0. The van der Waals surface area contributed by atoms with Crippen LogP contribution in [0.4, 0.5) is 0 Å². The molecule has 44 heavy (non-hydrogen) atoms. The molecule has 0 saturated heterocycles. The van der Waals surface area contributed by atoms with Crippen LogP contribution in [0.3, 0.4) is 0 Å². The molecule has 0 aliphatic carbocycles. The standard InChI is InChI=1S/C39H23N5/c1-2-10-24(11-3-1)37-40-38-25-12-8-14-27(22-25)43-31-18-6-4-16-29(31)35-33(43)20-21-34-36(35)30-17-5-7-19-32(30)44(34)28-15-9-13-26(23-28)39(41-37)42-38/h1-23H. The predicted molar refractivity (Wildman–Crippen MR) is 178 cm³/mol. The maximum atomic E-state index is 5.08. The Morgan fingerprint density at radius 3 is 1.30 bits per heavy atom. The fourth-order valence-electron chi connectivity index (χ4n) is 6.99. The molecule has 3 aromatic heterocycles. The summed E-state index contributed by atoms with van der Waals surface area (Å²) < 4.78 is 4.75.